The van der Waals surface area contributed by atoms with Crippen LogP contribution in [0.15, 0.2) is 54.6 Å². The molecule has 4 amide bonds. The highest BCUT2D eigenvalue weighted by atomic mass is 16.2. The van der Waals surface area contributed by atoms with E-state index in [4.69, 9.17) is 0 Å². The van der Waals surface area contributed by atoms with Gasteiger partial charge in [-0.3, -0.25) is 29.1 Å². The van der Waals surface area contributed by atoms with E-state index in [9.17, 15) is 19.2 Å². The Balaban J connectivity index is 1.69. The number of rotatable bonds is 4. The minimum Gasteiger partial charge on any atom is -0.278 e. The van der Waals surface area contributed by atoms with Crippen molar-refractivity contribution in [2.24, 2.45) is 5.92 Å². The molecular weight excluding hydrogens is 406 g/mol. The third-order valence-corrected chi connectivity index (χ3v) is 5.93. The molecular formula is C25H21N3O4. The normalized spacial score (nSPS) is 15.2. The Bertz CT molecular complexity index is 1260. The quantitative estimate of drug-likeness (QED) is 0.593. The summed E-state index contributed by atoms with van der Waals surface area (Å²) in [6.45, 7) is 4.17. The van der Waals surface area contributed by atoms with Crippen molar-refractivity contribution in [2.45, 2.75) is 13.8 Å². The molecule has 0 saturated heterocycles. The number of anilines is 1. The number of imide groups is 2. The number of carbonyl (C=O) groups is 4. The molecule has 0 radical (unpaired) electrons. The van der Waals surface area contributed by atoms with Gasteiger partial charge in [-0.1, -0.05) is 32.0 Å². The lowest BCUT2D eigenvalue weighted by atomic mass is 9.86. The van der Waals surface area contributed by atoms with Crippen LogP contribution >= 0.6 is 0 Å². The fourth-order valence-corrected chi connectivity index (χ4v) is 4.47. The van der Waals surface area contributed by atoms with E-state index in [1.54, 1.807) is 43.4 Å². The van der Waals surface area contributed by atoms with E-state index in [1.165, 1.54) is 9.91 Å². The van der Waals surface area contributed by atoms with Gasteiger partial charge in [-0.25, -0.2) is 0 Å². The van der Waals surface area contributed by atoms with Gasteiger partial charge in [-0.05, 0) is 42.3 Å². The van der Waals surface area contributed by atoms with E-state index in [1.807, 2.05) is 32.0 Å². The van der Waals surface area contributed by atoms with Crippen LogP contribution in [-0.4, -0.2) is 47.1 Å². The van der Waals surface area contributed by atoms with Gasteiger partial charge in [0, 0.05) is 35.5 Å². The zero-order chi connectivity index (χ0) is 22.7. The fraction of sp³-hybridized carbons (Fsp3) is 0.200. The molecule has 0 bridgehead atoms. The van der Waals surface area contributed by atoms with Gasteiger partial charge in [0.25, 0.3) is 23.6 Å². The van der Waals surface area contributed by atoms with E-state index < -0.39 is 23.6 Å². The second kappa shape index (κ2) is 7.02. The molecule has 0 fully saturated rings. The number of nitrogens with zero attached hydrogens (tertiary/aromatic N) is 3. The number of para-hydroxylation sites is 1. The fourth-order valence-electron chi connectivity index (χ4n) is 4.47. The van der Waals surface area contributed by atoms with Gasteiger partial charge in [0.15, 0.2) is 0 Å². The second-order valence-electron chi connectivity index (χ2n) is 8.47. The Morgan fingerprint density at radius 2 is 1.12 bits per heavy atom. The Morgan fingerprint density at radius 3 is 1.56 bits per heavy atom. The van der Waals surface area contributed by atoms with E-state index in [2.05, 4.69) is 0 Å². The maximum absolute atomic E-state index is 13.4. The van der Waals surface area contributed by atoms with Crippen LogP contribution in [0.5, 0.6) is 0 Å². The van der Waals surface area contributed by atoms with Crippen LogP contribution in [-0.2, 0) is 0 Å². The van der Waals surface area contributed by atoms with E-state index in [0.29, 0.717) is 45.3 Å². The third-order valence-electron chi connectivity index (χ3n) is 5.93. The molecule has 0 atom stereocenters. The minimum absolute atomic E-state index is 0.114. The first-order valence-corrected chi connectivity index (χ1v) is 10.4. The van der Waals surface area contributed by atoms with Crippen LogP contribution in [0.3, 0.4) is 0 Å². The molecule has 0 unspecified atom stereocenters. The van der Waals surface area contributed by atoms with Crippen molar-refractivity contribution < 1.29 is 19.2 Å². The summed E-state index contributed by atoms with van der Waals surface area (Å²) in [6, 6.07) is 15.4. The molecule has 160 valence electrons. The summed E-state index contributed by atoms with van der Waals surface area (Å²) in [5.74, 6) is -1.68. The largest absolute Gasteiger partial charge is 0.280 e. The highest BCUT2D eigenvalue weighted by Crippen LogP contribution is 2.38. The van der Waals surface area contributed by atoms with Gasteiger partial charge in [0.1, 0.15) is 0 Å². The zero-order valence-electron chi connectivity index (χ0n) is 18.0. The van der Waals surface area contributed by atoms with Crippen molar-refractivity contribution in [2.75, 3.05) is 18.6 Å². The summed E-state index contributed by atoms with van der Waals surface area (Å²) < 4.78 is 0. The van der Waals surface area contributed by atoms with E-state index in [0.717, 1.165) is 5.01 Å². The molecule has 0 spiro atoms. The van der Waals surface area contributed by atoms with Crippen molar-refractivity contribution >= 4 is 40.1 Å². The van der Waals surface area contributed by atoms with E-state index >= 15 is 0 Å². The van der Waals surface area contributed by atoms with Gasteiger partial charge >= 0.3 is 0 Å². The summed E-state index contributed by atoms with van der Waals surface area (Å²) in [5.41, 5.74) is 1.94. The predicted molar refractivity (Wildman–Crippen MR) is 119 cm³/mol. The molecule has 0 aromatic heterocycles. The van der Waals surface area contributed by atoms with Gasteiger partial charge in [0.2, 0.25) is 0 Å². The summed E-state index contributed by atoms with van der Waals surface area (Å²) >= 11 is 0. The Labute approximate surface area is 184 Å². The lowest BCUT2D eigenvalue weighted by molar-refractivity contribution is 0.0574. The molecule has 32 heavy (non-hydrogen) atoms. The molecule has 3 aromatic carbocycles. The molecule has 0 saturated carbocycles. The van der Waals surface area contributed by atoms with Gasteiger partial charge in [-0.15, -0.1) is 0 Å². The van der Waals surface area contributed by atoms with Crippen LogP contribution in [0.2, 0.25) is 0 Å². The summed E-state index contributed by atoms with van der Waals surface area (Å²) in [7, 11) is 1.65. The van der Waals surface area contributed by atoms with Crippen LogP contribution in [0.25, 0.3) is 10.8 Å². The molecule has 7 nitrogen and oxygen atoms in total. The first-order chi connectivity index (χ1) is 15.3. The van der Waals surface area contributed by atoms with Crippen molar-refractivity contribution in [3.63, 3.8) is 0 Å². The first kappa shape index (κ1) is 19.9. The second-order valence-corrected chi connectivity index (χ2v) is 8.47. The average Bonchev–Trinajstić information content (AvgIpc) is 2.79. The molecule has 2 aliphatic rings. The van der Waals surface area contributed by atoms with Crippen molar-refractivity contribution in [1.82, 2.24) is 9.91 Å². The van der Waals surface area contributed by atoms with Crippen molar-refractivity contribution in [3.05, 3.63) is 76.9 Å². The maximum Gasteiger partial charge on any atom is 0.280 e. The number of hydrogen-bond donors (Lipinski definition) is 0. The monoisotopic (exact) mass is 427 g/mol. The number of amides is 4. The summed E-state index contributed by atoms with van der Waals surface area (Å²) in [4.78, 5) is 54.3. The number of hydrazine groups is 1. The van der Waals surface area contributed by atoms with E-state index in [-0.39, 0.29) is 5.92 Å². The summed E-state index contributed by atoms with van der Waals surface area (Å²) in [5, 5.41) is 3.36. The molecule has 0 N–H and O–H groups in total. The van der Waals surface area contributed by atoms with Crippen molar-refractivity contribution in [3.8, 4) is 0 Å². The third kappa shape index (κ3) is 2.67. The van der Waals surface area contributed by atoms with Crippen LogP contribution < -0.4 is 5.01 Å². The summed E-state index contributed by atoms with van der Waals surface area (Å²) in [6.07, 6.45) is 0. The maximum atomic E-state index is 13.4. The topological polar surface area (TPSA) is 78.0 Å². The molecule has 2 heterocycles. The Hall–Kier alpha value is -4.00. The van der Waals surface area contributed by atoms with Gasteiger partial charge in [0.05, 0.1) is 16.8 Å². The molecule has 2 aliphatic heterocycles. The highest BCUT2D eigenvalue weighted by Gasteiger charge is 2.41. The lowest BCUT2D eigenvalue weighted by Crippen LogP contribution is -2.51. The van der Waals surface area contributed by atoms with Crippen molar-refractivity contribution in [1.29, 1.82) is 0 Å². The SMILES string of the molecule is CC(C)CN1C(=O)c2ccc3c4c(ccc(c24)C1=O)C(=O)N(N(C)c1ccccc1)C3=O. The number of benzene rings is 3. The predicted octanol–water partition coefficient (Wildman–Crippen LogP) is 3.74. The number of hydrogen-bond acceptors (Lipinski definition) is 5. The standard InChI is InChI=1S/C25H21N3O4/c1-14(2)13-27-22(29)16-9-11-18-21-19(12-10-17(20(16)21)23(27)30)25(32)28(24(18)31)26(3)15-7-5-4-6-8-15/h4-12,14H,13H2,1-3H3. The molecule has 7 heteroatoms. The molecule has 3 aromatic rings. The first-order valence-electron chi connectivity index (χ1n) is 10.4. The molecule has 0 aliphatic carbocycles. The minimum atomic E-state index is -0.498. The Kier molecular flexibility index (Phi) is 4.37. The zero-order valence-corrected chi connectivity index (χ0v) is 18.0. The van der Waals surface area contributed by atoms with Crippen LogP contribution in [0.4, 0.5) is 5.69 Å². The Morgan fingerprint density at radius 1 is 0.688 bits per heavy atom. The van der Waals surface area contributed by atoms with Crippen LogP contribution in [0.1, 0.15) is 55.3 Å². The lowest BCUT2D eigenvalue weighted by Gasteiger charge is -2.36. The average molecular weight is 427 g/mol. The highest BCUT2D eigenvalue weighted by molar-refractivity contribution is 6.33. The van der Waals surface area contributed by atoms with Gasteiger partial charge < -0.3 is 0 Å². The number of carbonyl (C=O) groups excluding carboxylic acids is 4. The van der Waals surface area contributed by atoms with Gasteiger partial charge in [-0.2, -0.15) is 5.01 Å². The van der Waals surface area contributed by atoms with Crippen LogP contribution in [0, 0.1) is 5.92 Å². The smallest absolute Gasteiger partial charge is 0.278 e. The molecule has 5 rings (SSSR count).